The van der Waals surface area contributed by atoms with Crippen LogP contribution < -0.4 is 5.73 Å². The molecule has 0 aromatic heterocycles. The molecule has 0 amide bonds. The molecule has 1 fully saturated rings. The summed E-state index contributed by atoms with van der Waals surface area (Å²) in [6, 6.07) is 7.60. The van der Waals surface area contributed by atoms with Crippen molar-refractivity contribution in [1.29, 1.82) is 0 Å². The number of likely N-dealkylation sites (N-methyl/N-ethyl adjacent to an activating group) is 1. The summed E-state index contributed by atoms with van der Waals surface area (Å²) in [7, 11) is 4.05. The summed E-state index contributed by atoms with van der Waals surface area (Å²) in [5, 5.41) is 20.2. The molecular weight excluding hydrogens is 254 g/mol. The highest BCUT2D eigenvalue weighted by atomic mass is 16.3. The van der Waals surface area contributed by atoms with Crippen molar-refractivity contribution in [2.75, 3.05) is 39.5 Å². The number of benzene rings is 1. The van der Waals surface area contributed by atoms with Crippen LogP contribution in [0.3, 0.4) is 0 Å². The summed E-state index contributed by atoms with van der Waals surface area (Å²) in [4.78, 5) is 4.29. The van der Waals surface area contributed by atoms with Crippen LogP contribution in [0.25, 0.3) is 0 Å². The molecule has 5 nitrogen and oxygen atoms in total. The summed E-state index contributed by atoms with van der Waals surface area (Å²) < 4.78 is 0. The van der Waals surface area contributed by atoms with Gasteiger partial charge in [-0.15, -0.1) is 0 Å². The lowest BCUT2D eigenvalue weighted by molar-refractivity contribution is 0.0924. The van der Waals surface area contributed by atoms with Crippen LogP contribution in [-0.4, -0.2) is 65.9 Å². The normalized spacial score (nSPS) is 25.2. The highest BCUT2D eigenvalue weighted by molar-refractivity contribution is 5.39. The van der Waals surface area contributed by atoms with E-state index >= 15 is 0 Å². The van der Waals surface area contributed by atoms with E-state index in [0.717, 1.165) is 18.5 Å². The van der Waals surface area contributed by atoms with Crippen molar-refractivity contribution < 1.29 is 10.2 Å². The summed E-state index contributed by atoms with van der Waals surface area (Å²) >= 11 is 0. The molecule has 5 heteroatoms. The number of anilines is 1. The number of hydrogen-bond acceptors (Lipinski definition) is 5. The fourth-order valence-electron chi connectivity index (χ4n) is 2.84. The molecule has 4 N–H and O–H groups in total. The molecule has 2 rings (SSSR count). The Morgan fingerprint density at radius 3 is 2.60 bits per heavy atom. The average molecular weight is 279 g/mol. The van der Waals surface area contributed by atoms with Gasteiger partial charge in [0.1, 0.15) is 0 Å². The van der Waals surface area contributed by atoms with Gasteiger partial charge in [-0.2, -0.15) is 0 Å². The third-order valence-electron chi connectivity index (χ3n) is 3.81. The van der Waals surface area contributed by atoms with Gasteiger partial charge in [-0.1, -0.05) is 12.1 Å². The monoisotopic (exact) mass is 279 g/mol. The zero-order valence-electron chi connectivity index (χ0n) is 12.2. The molecule has 1 aliphatic rings. The molecule has 0 saturated carbocycles. The SMILES string of the molecule is CN(C)CC1CC(O)CN1CC(O)c1ccc(N)cc1. The van der Waals surface area contributed by atoms with Crippen molar-refractivity contribution in [2.45, 2.75) is 24.7 Å². The van der Waals surface area contributed by atoms with Crippen molar-refractivity contribution in [1.82, 2.24) is 9.80 Å². The maximum absolute atomic E-state index is 10.3. The van der Waals surface area contributed by atoms with Crippen LogP contribution in [-0.2, 0) is 0 Å². The Morgan fingerprint density at radius 1 is 1.35 bits per heavy atom. The van der Waals surface area contributed by atoms with Gasteiger partial charge >= 0.3 is 0 Å². The standard InChI is InChI=1S/C15H25N3O2/c1-17(2)8-13-7-14(19)9-18(13)10-15(20)11-3-5-12(16)6-4-11/h3-6,13-15,19-20H,7-10,16H2,1-2H3. The quantitative estimate of drug-likeness (QED) is 0.676. The molecule has 1 aromatic rings. The molecule has 1 aromatic carbocycles. The Kier molecular flexibility index (Phi) is 4.99. The Hall–Kier alpha value is -1.14. The number of hydrogen-bond donors (Lipinski definition) is 3. The van der Waals surface area contributed by atoms with Crippen molar-refractivity contribution in [3.05, 3.63) is 29.8 Å². The average Bonchev–Trinajstić information content (AvgIpc) is 2.69. The lowest BCUT2D eigenvalue weighted by Gasteiger charge is -2.28. The van der Waals surface area contributed by atoms with Gasteiger partial charge in [0.2, 0.25) is 0 Å². The van der Waals surface area contributed by atoms with Gasteiger partial charge in [-0.25, -0.2) is 0 Å². The highest BCUT2D eigenvalue weighted by Gasteiger charge is 2.32. The van der Waals surface area contributed by atoms with Gasteiger partial charge < -0.3 is 20.8 Å². The van der Waals surface area contributed by atoms with Crippen molar-refractivity contribution in [3.8, 4) is 0 Å². The van der Waals surface area contributed by atoms with Gasteiger partial charge in [0.05, 0.1) is 12.2 Å². The number of rotatable bonds is 5. The highest BCUT2D eigenvalue weighted by Crippen LogP contribution is 2.23. The number of nitrogens with two attached hydrogens (primary N) is 1. The summed E-state index contributed by atoms with van der Waals surface area (Å²) in [6.07, 6.45) is -0.0729. The predicted molar refractivity (Wildman–Crippen MR) is 80.4 cm³/mol. The molecule has 1 saturated heterocycles. The number of nitrogens with zero attached hydrogens (tertiary/aromatic N) is 2. The zero-order chi connectivity index (χ0) is 14.7. The molecule has 20 heavy (non-hydrogen) atoms. The van der Waals surface area contributed by atoms with E-state index in [0.29, 0.717) is 24.8 Å². The van der Waals surface area contributed by atoms with E-state index in [9.17, 15) is 10.2 Å². The number of nitrogen functional groups attached to an aromatic ring is 1. The Bertz CT molecular complexity index is 422. The van der Waals surface area contributed by atoms with Gasteiger partial charge in [0.15, 0.2) is 0 Å². The molecule has 3 unspecified atom stereocenters. The number of aliphatic hydroxyl groups is 2. The van der Waals surface area contributed by atoms with Crippen LogP contribution in [0.2, 0.25) is 0 Å². The smallest absolute Gasteiger partial charge is 0.0917 e. The molecule has 112 valence electrons. The lowest BCUT2D eigenvalue weighted by Crippen LogP contribution is -2.39. The van der Waals surface area contributed by atoms with Gasteiger partial charge in [0.25, 0.3) is 0 Å². The van der Waals surface area contributed by atoms with Crippen molar-refractivity contribution in [2.24, 2.45) is 0 Å². The van der Waals surface area contributed by atoms with Crippen LogP contribution in [0.1, 0.15) is 18.1 Å². The van der Waals surface area contributed by atoms with Crippen molar-refractivity contribution >= 4 is 5.69 Å². The fourth-order valence-corrected chi connectivity index (χ4v) is 2.84. The maximum atomic E-state index is 10.3. The second-order valence-corrected chi connectivity index (χ2v) is 5.94. The maximum Gasteiger partial charge on any atom is 0.0917 e. The first-order valence-corrected chi connectivity index (χ1v) is 7.06. The first-order valence-electron chi connectivity index (χ1n) is 7.06. The third kappa shape index (κ3) is 3.93. The third-order valence-corrected chi connectivity index (χ3v) is 3.81. The molecule has 0 bridgehead atoms. The Labute approximate surface area is 120 Å². The van der Waals surface area contributed by atoms with Gasteiger partial charge in [-0.3, -0.25) is 4.90 Å². The predicted octanol–water partition coefficient (Wildman–Crippen LogP) is 0.299. The molecule has 1 heterocycles. The van der Waals surface area contributed by atoms with E-state index in [1.165, 1.54) is 0 Å². The van der Waals surface area contributed by atoms with E-state index in [2.05, 4.69) is 9.80 Å². The Morgan fingerprint density at radius 2 is 2.00 bits per heavy atom. The van der Waals surface area contributed by atoms with Crippen molar-refractivity contribution in [3.63, 3.8) is 0 Å². The summed E-state index contributed by atoms with van der Waals surface area (Å²) in [5.74, 6) is 0. The van der Waals surface area contributed by atoms with E-state index in [4.69, 9.17) is 5.73 Å². The number of likely N-dealkylation sites (tertiary alicyclic amines) is 1. The first-order chi connectivity index (χ1) is 9.45. The van der Waals surface area contributed by atoms with Crippen LogP contribution in [0.4, 0.5) is 5.69 Å². The molecule has 0 aliphatic carbocycles. The Balaban J connectivity index is 1.98. The van der Waals surface area contributed by atoms with E-state index < -0.39 is 6.10 Å². The molecule has 3 atom stereocenters. The van der Waals surface area contributed by atoms with Crippen LogP contribution in [0.15, 0.2) is 24.3 Å². The number of aliphatic hydroxyl groups excluding tert-OH is 2. The summed E-state index contributed by atoms with van der Waals surface area (Å²) in [5.41, 5.74) is 7.22. The molecular formula is C15H25N3O2. The lowest BCUT2D eigenvalue weighted by atomic mass is 10.1. The van der Waals surface area contributed by atoms with Crippen LogP contribution in [0, 0.1) is 0 Å². The minimum atomic E-state index is -0.550. The summed E-state index contributed by atoms with van der Waals surface area (Å²) in [6.45, 7) is 2.07. The largest absolute Gasteiger partial charge is 0.399 e. The van der Waals surface area contributed by atoms with Gasteiger partial charge in [0, 0.05) is 31.4 Å². The second-order valence-electron chi connectivity index (χ2n) is 5.94. The second kappa shape index (κ2) is 6.54. The van der Waals surface area contributed by atoms with E-state index in [1.54, 1.807) is 12.1 Å². The first kappa shape index (κ1) is 15.3. The van der Waals surface area contributed by atoms with E-state index in [1.807, 2.05) is 26.2 Å². The molecule has 0 spiro atoms. The topological polar surface area (TPSA) is 73.0 Å². The van der Waals surface area contributed by atoms with Gasteiger partial charge in [-0.05, 0) is 38.2 Å². The molecule has 1 aliphatic heterocycles. The minimum absolute atomic E-state index is 0.293. The zero-order valence-corrected chi connectivity index (χ0v) is 12.2. The number of β-amino-alcohol motifs (C(OH)–C–C–N with tert-alkyl or cyclic N) is 2. The van der Waals surface area contributed by atoms with E-state index in [-0.39, 0.29) is 6.10 Å². The molecule has 0 radical (unpaired) electrons. The van der Waals surface area contributed by atoms with Crippen LogP contribution >= 0.6 is 0 Å². The van der Waals surface area contributed by atoms with Crippen LogP contribution in [0.5, 0.6) is 0 Å². The minimum Gasteiger partial charge on any atom is -0.399 e. The fraction of sp³-hybridized carbons (Fsp3) is 0.600.